The molecule has 3 heterocycles. The Hall–Kier alpha value is -4.50. The van der Waals surface area contributed by atoms with E-state index in [1.165, 1.54) is 12.1 Å². The lowest BCUT2D eigenvalue weighted by Gasteiger charge is -2.27. The summed E-state index contributed by atoms with van der Waals surface area (Å²) in [6.07, 6.45) is 6.04. The lowest BCUT2D eigenvalue weighted by molar-refractivity contribution is 0.240. The molecule has 0 unspecified atom stereocenters. The number of pyridine rings is 1. The van der Waals surface area contributed by atoms with E-state index in [2.05, 4.69) is 21.3 Å². The molecule has 0 saturated carbocycles. The van der Waals surface area contributed by atoms with Crippen LogP contribution >= 0.6 is 11.6 Å². The average molecular weight is 525 g/mol. The molecule has 4 aromatic rings. The second-order valence-electron chi connectivity index (χ2n) is 8.99. The van der Waals surface area contributed by atoms with Crippen LogP contribution in [0.5, 0.6) is 0 Å². The number of carbonyl (C=O) groups is 1. The lowest BCUT2D eigenvalue weighted by atomic mass is 10.0. The van der Waals surface area contributed by atoms with Gasteiger partial charge in [-0.3, -0.25) is 9.47 Å². The number of hydrogen-bond donors (Lipinski definition) is 1. The molecule has 7 nitrogen and oxygen atoms in total. The van der Waals surface area contributed by atoms with Gasteiger partial charge in [0.15, 0.2) is 0 Å². The van der Waals surface area contributed by atoms with Gasteiger partial charge in [0.1, 0.15) is 17.0 Å². The van der Waals surface area contributed by atoms with Crippen molar-refractivity contribution in [2.24, 2.45) is 0 Å². The smallest absolute Gasteiger partial charge is 0.326 e. The van der Waals surface area contributed by atoms with Crippen LogP contribution in [0, 0.1) is 28.5 Å². The molecule has 5 rings (SSSR count). The molecular weight excluding hydrogens is 503 g/mol. The highest BCUT2D eigenvalue weighted by atomic mass is 35.5. The van der Waals surface area contributed by atoms with E-state index in [4.69, 9.17) is 16.9 Å². The summed E-state index contributed by atoms with van der Waals surface area (Å²) in [4.78, 5) is 19.6. The summed E-state index contributed by atoms with van der Waals surface area (Å²) in [6, 6.07) is 17.2. The third-order valence-electron chi connectivity index (χ3n) is 6.58. The third-order valence-corrected chi connectivity index (χ3v) is 6.79. The van der Waals surface area contributed by atoms with E-state index < -0.39 is 5.82 Å². The van der Waals surface area contributed by atoms with Crippen molar-refractivity contribution in [1.82, 2.24) is 19.8 Å². The number of nitriles is 2. The van der Waals surface area contributed by atoms with Crippen molar-refractivity contribution in [3.63, 3.8) is 0 Å². The number of amides is 1. The molecule has 0 radical (unpaired) electrons. The zero-order valence-corrected chi connectivity index (χ0v) is 21.0. The fourth-order valence-electron chi connectivity index (χ4n) is 4.74. The minimum absolute atomic E-state index is 0.0234. The van der Waals surface area contributed by atoms with Crippen molar-refractivity contribution in [2.45, 2.75) is 19.5 Å². The fraction of sp³-hybridized carbons (Fsp3) is 0.172. The Bertz CT molecular complexity index is 1660. The molecule has 1 N–H and O–H groups in total. The Morgan fingerprint density at radius 2 is 2.03 bits per heavy atom. The van der Waals surface area contributed by atoms with Gasteiger partial charge in [0.25, 0.3) is 0 Å². The van der Waals surface area contributed by atoms with Crippen LogP contribution in [0.2, 0.25) is 5.15 Å². The highest BCUT2D eigenvalue weighted by molar-refractivity contribution is 6.29. The fourth-order valence-corrected chi connectivity index (χ4v) is 4.94. The van der Waals surface area contributed by atoms with Crippen LogP contribution in [0.25, 0.3) is 17.0 Å². The summed E-state index contributed by atoms with van der Waals surface area (Å²) in [6.45, 7) is 2.29. The van der Waals surface area contributed by atoms with Gasteiger partial charge in [-0.25, -0.2) is 14.2 Å². The SMILES string of the molecule is N#Cc1ccc2c3c(n(C(=O)NCc4ccnc(Cl)c4)c2c1)CCN(C/C=C/c1ccc(C#N)c(F)c1)C3. The van der Waals surface area contributed by atoms with Crippen LogP contribution in [-0.2, 0) is 19.5 Å². The van der Waals surface area contributed by atoms with Crippen molar-refractivity contribution in [3.8, 4) is 12.1 Å². The predicted octanol–water partition coefficient (Wildman–Crippen LogP) is 5.40. The maximum absolute atomic E-state index is 13.9. The molecule has 0 spiro atoms. The molecule has 0 atom stereocenters. The lowest BCUT2D eigenvalue weighted by Crippen LogP contribution is -2.34. The van der Waals surface area contributed by atoms with Gasteiger partial charge in [-0.2, -0.15) is 10.5 Å². The Labute approximate surface area is 224 Å². The van der Waals surface area contributed by atoms with E-state index in [9.17, 15) is 14.4 Å². The molecule has 0 aliphatic carbocycles. The first kappa shape index (κ1) is 25.2. The first-order chi connectivity index (χ1) is 18.5. The van der Waals surface area contributed by atoms with Gasteiger partial charge < -0.3 is 5.32 Å². The van der Waals surface area contributed by atoms with Crippen molar-refractivity contribution >= 4 is 34.6 Å². The molecule has 188 valence electrons. The molecule has 0 fully saturated rings. The van der Waals surface area contributed by atoms with Gasteiger partial charge in [0, 0.05) is 49.9 Å². The molecule has 1 aliphatic heterocycles. The van der Waals surface area contributed by atoms with Gasteiger partial charge in [0.05, 0.1) is 22.7 Å². The maximum Gasteiger partial charge on any atom is 0.326 e. The van der Waals surface area contributed by atoms with Gasteiger partial charge in [-0.05, 0) is 53.1 Å². The largest absolute Gasteiger partial charge is 0.333 e. The zero-order chi connectivity index (χ0) is 26.6. The highest BCUT2D eigenvalue weighted by Gasteiger charge is 2.26. The van der Waals surface area contributed by atoms with E-state index in [0.717, 1.165) is 28.8 Å². The number of rotatable bonds is 5. The number of halogens is 2. The number of fused-ring (bicyclic) bond motifs is 3. The Morgan fingerprint density at radius 3 is 2.79 bits per heavy atom. The number of hydrogen-bond acceptors (Lipinski definition) is 5. The molecule has 0 bridgehead atoms. The van der Waals surface area contributed by atoms with E-state index in [0.29, 0.717) is 47.9 Å². The molecule has 1 amide bonds. The Kier molecular flexibility index (Phi) is 7.19. The standard InChI is InChI=1S/C29H22ClFN6O/c30-28-14-21(7-9-34-28)17-35-29(38)37-26-8-11-36(10-1-2-19-3-5-22(16-33)25(31)12-19)18-24(26)23-6-4-20(15-32)13-27(23)37/h1-7,9,12-14H,8,10-11,17-18H2,(H,35,38)/b2-1+. The molecule has 0 saturated heterocycles. The molecule has 9 heteroatoms. The van der Waals surface area contributed by atoms with Crippen LogP contribution in [0.1, 0.15) is 33.5 Å². The van der Waals surface area contributed by atoms with E-state index >= 15 is 0 Å². The van der Waals surface area contributed by atoms with Crippen LogP contribution in [0.4, 0.5) is 9.18 Å². The third kappa shape index (κ3) is 5.14. The van der Waals surface area contributed by atoms with Crippen molar-refractivity contribution < 1.29 is 9.18 Å². The van der Waals surface area contributed by atoms with Crippen molar-refractivity contribution in [3.05, 3.63) is 105 Å². The number of benzene rings is 2. The molecule has 38 heavy (non-hydrogen) atoms. The minimum Gasteiger partial charge on any atom is -0.333 e. The summed E-state index contributed by atoms with van der Waals surface area (Å²) in [5.41, 5.74) is 4.70. The van der Waals surface area contributed by atoms with E-state index in [-0.39, 0.29) is 11.6 Å². The van der Waals surface area contributed by atoms with Gasteiger partial charge in [0.2, 0.25) is 0 Å². The molecule has 2 aromatic carbocycles. The van der Waals surface area contributed by atoms with Crippen molar-refractivity contribution in [1.29, 1.82) is 10.5 Å². The summed E-state index contributed by atoms with van der Waals surface area (Å²) in [7, 11) is 0. The number of aromatic nitrogens is 2. The van der Waals surface area contributed by atoms with E-state index in [1.807, 2.05) is 24.3 Å². The number of nitrogens with zero attached hydrogens (tertiary/aromatic N) is 5. The van der Waals surface area contributed by atoms with Gasteiger partial charge in [-0.15, -0.1) is 0 Å². The first-order valence-corrected chi connectivity index (χ1v) is 12.4. The van der Waals surface area contributed by atoms with E-state index in [1.54, 1.807) is 41.1 Å². The summed E-state index contributed by atoms with van der Waals surface area (Å²) in [5, 5.41) is 22.6. The second kappa shape index (κ2) is 10.9. The minimum atomic E-state index is -0.535. The predicted molar refractivity (Wildman–Crippen MR) is 143 cm³/mol. The van der Waals surface area contributed by atoms with Gasteiger partial charge in [-0.1, -0.05) is 35.9 Å². The molecule has 2 aromatic heterocycles. The van der Waals surface area contributed by atoms with Gasteiger partial charge >= 0.3 is 6.03 Å². The first-order valence-electron chi connectivity index (χ1n) is 12.0. The Morgan fingerprint density at radius 1 is 1.16 bits per heavy atom. The number of nitrogens with one attached hydrogen (secondary N) is 1. The van der Waals surface area contributed by atoms with Crippen molar-refractivity contribution in [2.75, 3.05) is 13.1 Å². The van der Waals surface area contributed by atoms with Crippen LogP contribution in [0.15, 0.2) is 60.8 Å². The van der Waals surface area contributed by atoms with Crippen LogP contribution in [-0.4, -0.2) is 33.6 Å². The molecule has 1 aliphatic rings. The maximum atomic E-state index is 13.9. The summed E-state index contributed by atoms with van der Waals surface area (Å²) >= 11 is 5.97. The monoisotopic (exact) mass is 524 g/mol. The van der Waals surface area contributed by atoms with Crippen LogP contribution < -0.4 is 5.32 Å². The zero-order valence-electron chi connectivity index (χ0n) is 20.3. The summed E-state index contributed by atoms with van der Waals surface area (Å²) < 4.78 is 15.6. The number of carbonyl (C=O) groups excluding carboxylic acids is 1. The Balaban J connectivity index is 1.38. The normalized spacial score (nSPS) is 13.3. The quantitative estimate of drug-likeness (QED) is 0.352. The average Bonchev–Trinajstić information content (AvgIpc) is 3.25. The highest BCUT2D eigenvalue weighted by Crippen LogP contribution is 2.31. The summed E-state index contributed by atoms with van der Waals surface area (Å²) in [5.74, 6) is -0.535. The topological polar surface area (TPSA) is 97.7 Å². The van der Waals surface area contributed by atoms with Crippen LogP contribution in [0.3, 0.4) is 0 Å². The second-order valence-corrected chi connectivity index (χ2v) is 9.38. The molecular formula is C29H22ClFN6O.